The second kappa shape index (κ2) is 4.49. The molecule has 0 aliphatic heterocycles. The molecular formula is C12H19N3O2. The van der Waals surface area contributed by atoms with E-state index < -0.39 is 5.54 Å². The standard InChI is InChI=1S/C12H19N3O2/c1-3-10-14-6-7-15(10)8-12(13,9-4-5-9)11(16)17-2/h6-7,9H,3-5,8,13H2,1-2H3. The molecular weight excluding hydrogens is 218 g/mol. The number of carbonyl (C=O) groups excluding carboxylic acids is 1. The molecule has 1 saturated carbocycles. The maximum Gasteiger partial charge on any atom is 0.327 e. The smallest absolute Gasteiger partial charge is 0.327 e. The van der Waals surface area contributed by atoms with Gasteiger partial charge < -0.3 is 15.0 Å². The molecule has 1 fully saturated rings. The highest BCUT2D eigenvalue weighted by Gasteiger charge is 2.49. The second-order valence-corrected chi connectivity index (χ2v) is 4.63. The molecule has 2 N–H and O–H groups in total. The molecule has 0 aromatic carbocycles. The fourth-order valence-corrected chi connectivity index (χ4v) is 2.23. The molecule has 1 unspecified atom stereocenters. The SMILES string of the molecule is CCc1nccn1CC(N)(C(=O)OC)C1CC1. The van der Waals surface area contributed by atoms with Crippen molar-refractivity contribution in [2.45, 2.75) is 38.3 Å². The number of hydrogen-bond donors (Lipinski definition) is 1. The number of rotatable bonds is 5. The van der Waals surface area contributed by atoms with Gasteiger partial charge in [0.2, 0.25) is 0 Å². The number of nitrogens with two attached hydrogens (primary N) is 1. The lowest BCUT2D eigenvalue weighted by Crippen LogP contribution is -2.54. The average Bonchev–Trinajstić information content (AvgIpc) is 3.10. The zero-order valence-corrected chi connectivity index (χ0v) is 10.3. The van der Waals surface area contributed by atoms with E-state index in [-0.39, 0.29) is 11.9 Å². The Balaban J connectivity index is 2.21. The number of aryl methyl sites for hydroxylation is 1. The third-order valence-corrected chi connectivity index (χ3v) is 3.42. The van der Waals surface area contributed by atoms with Gasteiger partial charge >= 0.3 is 5.97 Å². The summed E-state index contributed by atoms with van der Waals surface area (Å²) >= 11 is 0. The van der Waals surface area contributed by atoms with Crippen LogP contribution in [-0.2, 0) is 22.5 Å². The molecule has 0 saturated heterocycles. The van der Waals surface area contributed by atoms with Crippen LogP contribution in [0.25, 0.3) is 0 Å². The number of ether oxygens (including phenoxy) is 1. The summed E-state index contributed by atoms with van der Waals surface area (Å²) < 4.78 is 6.79. The van der Waals surface area contributed by atoms with Gasteiger partial charge in [0.25, 0.3) is 0 Å². The lowest BCUT2D eigenvalue weighted by atomic mass is 9.94. The number of imidazole rings is 1. The highest BCUT2D eigenvalue weighted by atomic mass is 16.5. The molecule has 1 aliphatic carbocycles. The third kappa shape index (κ3) is 2.20. The van der Waals surface area contributed by atoms with Crippen LogP contribution in [0.5, 0.6) is 0 Å². The van der Waals surface area contributed by atoms with E-state index >= 15 is 0 Å². The zero-order valence-electron chi connectivity index (χ0n) is 10.3. The van der Waals surface area contributed by atoms with Crippen molar-refractivity contribution in [1.29, 1.82) is 0 Å². The van der Waals surface area contributed by atoms with Gasteiger partial charge in [-0.05, 0) is 18.8 Å². The Morgan fingerprint density at radius 1 is 1.71 bits per heavy atom. The van der Waals surface area contributed by atoms with Crippen LogP contribution in [0.3, 0.4) is 0 Å². The van der Waals surface area contributed by atoms with Gasteiger partial charge in [0.15, 0.2) is 0 Å². The van der Waals surface area contributed by atoms with Crippen molar-refractivity contribution in [2.24, 2.45) is 11.7 Å². The van der Waals surface area contributed by atoms with E-state index in [0.29, 0.717) is 6.54 Å². The van der Waals surface area contributed by atoms with Gasteiger partial charge in [-0.25, -0.2) is 9.78 Å². The summed E-state index contributed by atoms with van der Waals surface area (Å²) in [6.45, 7) is 2.49. The summed E-state index contributed by atoms with van der Waals surface area (Å²) in [7, 11) is 1.39. The van der Waals surface area contributed by atoms with Crippen LogP contribution in [-0.4, -0.2) is 28.2 Å². The molecule has 1 heterocycles. The predicted octanol–water partition coefficient (Wildman–Crippen LogP) is 0.726. The normalized spacial score (nSPS) is 18.8. The quantitative estimate of drug-likeness (QED) is 0.766. The van der Waals surface area contributed by atoms with Crippen LogP contribution >= 0.6 is 0 Å². The van der Waals surface area contributed by atoms with E-state index in [4.69, 9.17) is 10.5 Å². The molecule has 94 valence electrons. The molecule has 0 spiro atoms. The highest BCUT2D eigenvalue weighted by molar-refractivity contribution is 5.81. The monoisotopic (exact) mass is 237 g/mol. The molecule has 0 amide bonds. The Bertz CT molecular complexity index is 412. The Morgan fingerprint density at radius 3 is 2.94 bits per heavy atom. The molecule has 2 rings (SSSR count). The summed E-state index contributed by atoms with van der Waals surface area (Å²) in [5, 5.41) is 0. The Kier molecular flexibility index (Phi) is 3.19. The molecule has 5 nitrogen and oxygen atoms in total. The number of esters is 1. The molecule has 1 atom stereocenters. The first kappa shape index (κ1) is 12.1. The lowest BCUT2D eigenvalue weighted by Gasteiger charge is -2.27. The maximum atomic E-state index is 11.9. The number of methoxy groups -OCH3 is 1. The van der Waals surface area contributed by atoms with Gasteiger partial charge in [0, 0.05) is 18.8 Å². The van der Waals surface area contributed by atoms with Crippen LogP contribution in [0.4, 0.5) is 0 Å². The first-order valence-corrected chi connectivity index (χ1v) is 5.99. The van der Waals surface area contributed by atoms with Gasteiger partial charge in [-0.1, -0.05) is 6.92 Å². The van der Waals surface area contributed by atoms with Gasteiger partial charge in [-0.2, -0.15) is 0 Å². The zero-order chi connectivity index (χ0) is 12.5. The van der Waals surface area contributed by atoms with Crippen LogP contribution in [0.15, 0.2) is 12.4 Å². The van der Waals surface area contributed by atoms with E-state index in [9.17, 15) is 4.79 Å². The van der Waals surface area contributed by atoms with E-state index in [1.807, 2.05) is 17.7 Å². The first-order chi connectivity index (χ1) is 8.11. The van der Waals surface area contributed by atoms with Crippen LogP contribution in [0.2, 0.25) is 0 Å². The number of carbonyl (C=O) groups is 1. The molecule has 17 heavy (non-hydrogen) atoms. The van der Waals surface area contributed by atoms with Crippen LogP contribution in [0.1, 0.15) is 25.6 Å². The van der Waals surface area contributed by atoms with Gasteiger partial charge in [0.05, 0.1) is 13.7 Å². The van der Waals surface area contributed by atoms with E-state index in [1.165, 1.54) is 7.11 Å². The van der Waals surface area contributed by atoms with Crippen molar-refractivity contribution < 1.29 is 9.53 Å². The van der Waals surface area contributed by atoms with Crippen LogP contribution < -0.4 is 5.73 Å². The highest BCUT2D eigenvalue weighted by Crippen LogP contribution is 2.40. The van der Waals surface area contributed by atoms with Crippen molar-refractivity contribution in [3.8, 4) is 0 Å². The van der Waals surface area contributed by atoms with Gasteiger partial charge in [-0.3, -0.25) is 0 Å². The maximum absolute atomic E-state index is 11.9. The first-order valence-electron chi connectivity index (χ1n) is 5.99. The Hall–Kier alpha value is -1.36. The van der Waals surface area contributed by atoms with Gasteiger partial charge in [-0.15, -0.1) is 0 Å². The third-order valence-electron chi connectivity index (χ3n) is 3.42. The Labute approximate surface area is 101 Å². The summed E-state index contributed by atoms with van der Waals surface area (Å²) in [6, 6.07) is 0. The minimum atomic E-state index is -0.903. The van der Waals surface area contributed by atoms with Crippen molar-refractivity contribution in [2.75, 3.05) is 7.11 Å². The van der Waals surface area contributed by atoms with Crippen molar-refractivity contribution in [3.05, 3.63) is 18.2 Å². The molecule has 1 aromatic rings. The molecule has 0 bridgehead atoms. The van der Waals surface area contributed by atoms with E-state index in [0.717, 1.165) is 25.1 Å². The largest absolute Gasteiger partial charge is 0.468 e. The predicted molar refractivity (Wildman–Crippen MR) is 63.3 cm³/mol. The van der Waals surface area contributed by atoms with Crippen molar-refractivity contribution >= 4 is 5.97 Å². The summed E-state index contributed by atoms with van der Waals surface area (Å²) in [4.78, 5) is 16.1. The second-order valence-electron chi connectivity index (χ2n) is 4.63. The van der Waals surface area contributed by atoms with E-state index in [2.05, 4.69) is 4.98 Å². The number of nitrogens with zero attached hydrogens (tertiary/aromatic N) is 2. The Morgan fingerprint density at radius 2 is 2.41 bits per heavy atom. The van der Waals surface area contributed by atoms with E-state index in [1.54, 1.807) is 6.20 Å². The molecule has 1 aliphatic rings. The molecule has 1 aromatic heterocycles. The minimum Gasteiger partial charge on any atom is -0.468 e. The van der Waals surface area contributed by atoms with Crippen molar-refractivity contribution in [1.82, 2.24) is 9.55 Å². The topological polar surface area (TPSA) is 70.1 Å². The minimum absolute atomic E-state index is 0.238. The average molecular weight is 237 g/mol. The van der Waals surface area contributed by atoms with Gasteiger partial charge in [0.1, 0.15) is 11.4 Å². The lowest BCUT2D eigenvalue weighted by molar-refractivity contribution is -0.148. The van der Waals surface area contributed by atoms with Crippen molar-refractivity contribution in [3.63, 3.8) is 0 Å². The molecule has 0 radical (unpaired) electrons. The summed E-state index contributed by atoms with van der Waals surface area (Å²) in [5.74, 6) is 0.863. The number of aromatic nitrogens is 2. The van der Waals surface area contributed by atoms with Crippen LogP contribution in [0, 0.1) is 5.92 Å². The molecule has 5 heteroatoms. The summed E-state index contributed by atoms with van der Waals surface area (Å²) in [5.41, 5.74) is 5.35. The fourth-order valence-electron chi connectivity index (χ4n) is 2.23. The fraction of sp³-hybridized carbons (Fsp3) is 0.667. The summed E-state index contributed by atoms with van der Waals surface area (Å²) in [6.07, 6.45) is 6.44. The number of hydrogen-bond acceptors (Lipinski definition) is 4.